The lowest BCUT2D eigenvalue weighted by molar-refractivity contribution is -0.120. The fraction of sp³-hybridized carbons (Fsp3) is 0.421. The topological polar surface area (TPSA) is 86.8 Å². The van der Waals surface area contributed by atoms with Gasteiger partial charge in [-0.2, -0.15) is 0 Å². The Morgan fingerprint density at radius 3 is 2.61 bits per heavy atom. The van der Waals surface area contributed by atoms with Crippen molar-refractivity contribution in [3.63, 3.8) is 0 Å². The van der Waals surface area contributed by atoms with Gasteiger partial charge in [-0.3, -0.25) is 20.4 Å². The Morgan fingerprint density at radius 2 is 1.93 bits per heavy atom. The van der Waals surface area contributed by atoms with Crippen molar-refractivity contribution >= 4 is 34.0 Å². The van der Waals surface area contributed by atoms with E-state index in [1.165, 1.54) is 11.3 Å². The van der Waals surface area contributed by atoms with Crippen molar-refractivity contribution < 1.29 is 14.3 Å². The number of hydrazine groups is 1. The Balaban J connectivity index is 1.55. The van der Waals surface area contributed by atoms with Crippen LogP contribution in [-0.2, 0) is 9.53 Å². The number of nitrogens with zero attached hydrogens (tertiary/aromatic N) is 3. The maximum absolute atomic E-state index is 12.5. The molecule has 2 N–H and O–H groups in total. The SMILES string of the molecule is CCN(CC(=O)NNC(=O)c1sc(N2CCOCC2)nc1C)c1ccccc1. The van der Waals surface area contributed by atoms with Crippen LogP contribution in [-0.4, -0.2) is 56.2 Å². The zero-order valence-corrected chi connectivity index (χ0v) is 16.9. The highest BCUT2D eigenvalue weighted by Crippen LogP contribution is 2.26. The van der Waals surface area contributed by atoms with Crippen LogP contribution in [0.2, 0.25) is 0 Å². The molecule has 2 heterocycles. The van der Waals surface area contributed by atoms with E-state index in [0.29, 0.717) is 30.3 Å². The molecule has 0 spiro atoms. The molecule has 0 radical (unpaired) electrons. The average Bonchev–Trinajstić information content (AvgIpc) is 3.13. The summed E-state index contributed by atoms with van der Waals surface area (Å²) in [6.07, 6.45) is 0. The number of para-hydroxylation sites is 1. The van der Waals surface area contributed by atoms with Crippen LogP contribution in [0.3, 0.4) is 0 Å². The molecule has 1 aromatic heterocycles. The maximum Gasteiger partial charge on any atom is 0.281 e. The summed E-state index contributed by atoms with van der Waals surface area (Å²) in [5, 5.41) is 0.804. The lowest BCUT2D eigenvalue weighted by Crippen LogP contribution is -2.46. The molecule has 1 fully saturated rings. The third kappa shape index (κ3) is 4.99. The minimum atomic E-state index is -0.356. The Labute approximate surface area is 168 Å². The number of rotatable bonds is 6. The predicted octanol–water partition coefficient (Wildman–Crippen LogP) is 1.58. The van der Waals surface area contributed by atoms with Gasteiger partial charge in [0.2, 0.25) is 0 Å². The highest BCUT2D eigenvalue weighted by molar-refractivity contribution is 7.17. The number of amides is 2. The van der Waals surface area contributed by atoms with Crippen molar-refractivity contribution in [2.75, 3.05) is 49.2 Å². The molecule has 150 valence electrons. The normalized spacial score (nSPS) is 13.9. The molecule has 2 amide bonds. The Kier molecular flexibility index (Phi) is 6.83. The first-order chi connectivity index (χ1) is 13.6. The summed E-state index contributed by atoms with van der Waals surface area (Å²) in [5.74, 6) is -0.639. The summed E-state index contributed by atoms with van der Waals surface area (Å²) in [6.45, 7) is 7.45. The molecule has 3 rings (SSSR count). The third-order valence-electron chi connectivity index (χ3n) is 4.43. The van der Waals surface area contributed by atoms with E-state index in [0.717, 1.165) is 23.9 Å². The molecule has 0 bridgehead atoms. The van der Waals surface area contributed by atoms with E-state index >= 15 is 0 Å². The molecule has 8 nitrogen and oxygen atoms in total. The Hall–Kier alpha value is -2.65. The van der Waals surface area contributed by atoms with Crippen LogP contribution in [0.1, 0.15) is 22.3 Å². The summed E-state index contributed by atoms with van der Waals surface area (Å²) in [7, 11) is 0. The fourth-order valence-electron chi connectivity index (χ4n) is 2.90. The number of benzene rings is 1. The smallest absolute Gasteiger partial charge is 0.281 e. The Bertz CT molecular complexity index is 805. The number of hydrogen-bond donors (Lipinski definition) is 2. The maximum atomic E-state index is 12.5. The van der Waals surface area contributed by atoms with Gasteiger partial charge in [-0.1, -0.05) is 29.5 Å². The van der Waals surface area contributed by atoms with Crippen LogP contribution in [0.25, 0.3) is 0 Å². The van der Waals surface area contributed by atoms with E-state index in [9.17, 15) is 9.59 Å². The number of carbonyl (C=O) groups excluding carboxylic acids is 2. The van der Waals surface area contributed by atoms with E-state index in [2.05, 4.69) is 20.7 Å². The van der Waals surface area contributed by atoms with Crippen molar-refractivity contribution in [1.82, 2.24) is 15.8 Å². The second kappa shape index (κ2) is 9.52. The number of nitrogens with one attached hydrogen (secondary N) is 2. The first-order valence-electron chi connectivity index (χ1n) is 9.27. The van der Waals surface area contributed by atoms with Crippen LogP contribution < -0.4 is 20.7 Å². The molecule has 9 heteroatoms. The van der Waals surface area contributed by atoms with Gasteiger partial charge in [0.25, 0.3) is 11.8 Å². The molecular weight excluding hydrogens is 378 g/mol. The molecule has 1 aromatic carbocycles. The first kappa shape index (κ1) is 20.1. The molecule has 2 aromatic rings. The summed E-state index contributed by atoms with van der Waals surface area (Å²) in [6, 6.07) is 9.68. The van der Waals surface area contributed by atoms with Gasteiger partial charge < -0.3 is 14.5 Å². The zero-order chi connectivity index (χ0) is 19.9. The van der Waals surface area contributed by atoms with Gasteiger partial charge >= 0.3 is 0 Å². The van der Waals surface area contributed by atoms with Gasteiger partial charge in [-0.25, -0.2) is 4.98 Å². The highest BCUT2D eigenvalue weighted by atomic mass is 32.1. The van der Waals surface area contributed by atoms with Gasteiger partial charge in [0.15, 0.2) is 5.13 Å². The monoisotopic (exact) mass is 403 g/mol. The van der Waals surface area contributed by atoms with Crippen LogP contribution in [0.4, 0.5) is 10.8 Å². The number of morpholine rings is 1. The molecule has 0 unspecified atom stereocenters. The van der Waals surface area contributed by atoms with E-state index in [1.807, 2.05) is 42.2 Å². The number of aromatic nitrogens is 1. The van der Waals surface area contributed by atoms with Crippen molar-refractivity contribution in [2.24, 2.45) is 0 Å². The van der Waals surface area contributed by atoms with E-state index < -0.39 is 0 Å². The van der Waals surface area contributed by atoms with Gasteiger partial charge in [0.05, 0.1) is 25.5 Å². The summed E-state index contributed by atoms with van der Waals surface area (Å²) in [5.41, 5.74) is 6.60. The lowest BCUT2D eigenvalue weighted by Gasteiger charge is -2.26. The van der Waals surface area contributed by atoms with Crippen molar-refractivity contribution in [3.8, 4) is 0 Å². The van der Waals surface area contributed by atoms with Crippen molar-refractivity contribution in [1.29, 1.82) is 0 Å². The van der Waals surface area contributed by atoms with Gasteiger partial charge in [0, 0.05) is 25.3 Å². The minimum Gasteiger partial charge on any atom is -0.378 e. The van der Waals surface area contributed by atoms with Gasteiger partial charge in [-0.15, -0.1) is 0 Å². The first-order valence-corrected chi connectivity index (χ1v) is 10.1. The molecular formula is C19H25N5O3S. The number of ether oxygens (including phenoxy) is 1. The fourth-order valence-corrected chi connectivity index (χ4v) is 3.92. The van der Waals surface area contributed by atoms with E-state index in [1.54, 1.807) is 6.92 Å². The number of aryl methyl sites for hydroxylation is 1. The number of hydrogen-bond acceptors (Lipinski definition) is 7. The van der Waals surface area contributed by atoms with Crippen molar-refractivity contribution in [2.45, 2.75) is 13.8 Å². The lowest BCUT2D eigenvalue weighted by atomic mass is 10.3. The summed E-state index contributed by atoms with van der Waals surface area (Å²) in [4.78, 5) is 33.8. The predicted molar refractivity (Wildman–Crippen MR) is 110 cm³/mol. The van der Waals surface area contributed by atoms with E-state index in [-0.39, 0.29) is 18.4 Å². The van der Waals surface area contributed by atoms with Crippen LogP contribution in [0.5, 0.6) is 0 Å². The molecule has 28 heavy (non-hydrogen) atoms. The van der Waals surface area contributed by atoms with Crippen LogP contribution in [0, 0.1) is 6.92 Å². The largest absolute Gasteiger partial charge is 0.378 e. The van der Waals surface area contributed by atoms with Crippen LogP contribution in [0.15, 0.2) is 30.3 Å². The summed E-state index contributed by atoms with van der Waals surface area (Å²) < 4.78 is 5.35. The van der Waals surface area contributed by atoms with Crippen molar-refractivity contribution in [3.05, 3.63) is 40.9 Å². The number of carbonyl (C=O) groups is 2. The third-order valence-corrected chi connectivity index (χ3v) is 5.64. The molecule has 1 aliphatic heterocycles. The molecule has 0 saturated carbocycles. The van der Waals surface area contributed by atoms with Crippen LogP contribution >= 0.6 is 11.3 Å². The number of anilines is 2. The molecule has 0 atom stereocenters. The second-order valence-electron chi connectivity index (χ2n) is 6.36. The highest BCUT2D eigenvalue weighted by Gasteiger charge is 2.21. The molecule has 0 aliphatic carbocycles. The number of thiazole rings is 1. The van der Waals surface area contributed by atoms with Gasteiger partial charge in [0.1, 0.15) is 4.88 Å². The number of likely N-dealkylation sites (N-methyl/N-ethyl adjacent to an activating group) is 1. The van der Waals surface area contributed by atoms with E-state index in [4.69, 9.17) is 4.74 Å². The minimum absolute atomic E-state index is 0.154. The molecule has 1 aliphatic rings. The average molecular weight is 404 g/mol. The zero-order valence-electron chi connectivity index (χ0n) is 16.1. The Morgan fingerprint density at radius 1 is 1.21 bits per heavy atom. The van der Waals surface area contributed by atoms with Gasteiger partial charge in [-0.05, 0) is 26.0 Å². The quantitative estimate of drug-likeness (QED) is 0.712. The molecule has 1 saturated heterocycles. The standard InChI is InChI=1S/C19H25N5O3S/c1-3-23(15-7-5-4-6-8-15)13-16(25)21-22-18(26)17-14(2)20-19(28-17)24-9-11-27-12-10-24/h4-8H,3,9-13H2,1-2H3,(H,21,25)(H,22,26). The summed E-state index contributed by atoms with van der Waals surface area (Å²) >= 11 is 1.33. The second-order valence-corrected chi connectivity index (χ2v) is 7.34.